The van der Waals surface area contributed by atoms with Crippen molar-refractivity contribution in [1.82, 2.24) is 4.57 Å². The summed E-state index contributed by atoms with van der Waals surface area (Å²) in [4.78, 5) is 1.44. The molecule has 0 fully saturated rings. The molecular formula is C44H35NS. The van der Waals surface area contributed by atoms with Crippen molar-refractivity contribution >= 4 is 43.6 Å². The molecule has 2 heterocycles. The van der Waals surface area contributed by atoms with Gasteiger partial charge in [0.2, 0.25) is 0 Å². The van der Waals surface area contributed by atoms with Crippen LogP contribution in [0.4, 0.5) is 0 Å². The van der Waals surface area contributed by atoms with Gasteiger partial charge in [-0.2, -0.15) is 0 Å². The molecular weight excluding hydrogens is 575 g/mol. The van der Waals surface area contributed by atoms with Crippen molar-refractivity contribution in [3.8, 4) is 21.6 Å². The number of allylic oxidation sites excluding steroid dienone is 2. The van der Waals surface area contributed by atoms with Gasteiger partial charge in [0, 0.05) is 42.6 Å². The highest BCUT2D eigenvalue weighted by molar-refractivity contribution is 7.22. The topological polar surface area (TPSA) is 4.93 Å². The van der Waals surface area contributed by atoms with Crippen LogP contribution in [-0.2, 0) is 18.3 Å². The van der Waals surface area contributed by atoms with Crippen LogP contribution in [0.1, 0.15) is 52.9 Å². The summed E-state index contributed by atoms with van der Waals surface area (Å²) in [6.07, 6.45) is 4.31. The van der Waals surface area contributed by atoms with Gasteiger partial charge in [0.05, 0.1) is 11.2 Å². The highest BCUT2D eigenvalue weighted by Crippen LogP contribution is 2.56. The van der Waals surface area contributed by atoms with Crippen LogP contribution >= 0.6 is 11.3 Å². The molecule has 5 aromatic carbocycles. The smallest absolute Gasteiger partial charge is 0.0539 e. The predicted octanol–water partition coefficient (Wildman–Crippen LogP) is 11.8. The maximum Gasteiger partial charge on any atom is 0.0539 e. The third-order valence-electron chi connectivity index (χ3n) is 10.4. The van der Waals surface area contributed by atoms with E-state index in [1.807, 2.05) is 11.3 Å². The van der Waals surface area contributed by atoms with E-state index in [9.17, 15) is 0 Å². The Balaban J connectivity index is 1.33. The molecule has 9 rings (SSSR count). The number of aromatic nitrogens is 1. The summed E-state index contributed by atoms with van der Waals surface area (Å²) in [6, 6.07) is 42.2. The number of benzene rings is 5. The lowest BCUT2D eigenvalue weighted by Crippen LogP contribution is -2.14. The third kappa shape index (κ3) is 3.80. The van der Waals surface area contributed by atoms with Crippen LogP contribution in [0.15, 0.2) is 128 Å². The van der Waals surface area contributed by atoms with Crippen LogP contribution in [0.25, 0.3) is 53.8 Å². The molecule has 0 spiro atoms. The van der Waals surface area contributed by atoms with Crippen molar-refractivity contribution in [1.29, 1.82) is 0 Å². The van der Waals surface area contributed by atoms with Gasteiger partial charge in [-0.15, -0.1) is 11.3 Å². The predicted molar refractivity (Wildman–Crippen MR) is 198 cm³/mol. The van der Waals surface area contributed by atoms with Crippen molar-refractivity contribution in [3.63, 3.8) is 0 Å². The molecule has 0 unspecified atom stereocenters. The Kier molecular flexibility index (Phi) is 5.98. The van der Waals surface area contributed by atoms with Crippen LogP contribution in [-0.4, -0.2) is 4.57 Å². The Hall–Kier alpha value is -4.92. The van der Waals surface area contributed by atoms with E-state index in [0.717, 1.165) is 24.0 Å². The first-order chi connectivity index (χ1) is 22.4. The Bertz CT molecular complexity index is 2410. The van der Waals surface area contributed by atoms with E-state index in [0.29, 0.717) is 0 Å². The average molecular weight is 610 g/mol. The first-order valence-electron chi connectivity index (χ1n) is 16.3. The molecule has 0 aliphatic heterocycles. The van der Waals surface area contributed by atoms with E-state index in [1.165, 1.54) is 81.8 Å². The second kappa shape index (κ2) is 10.0. The molecule has 2 aromatic heterocycles. The molecule has 0 bridgehead atoms. The highest BCUT2D eigenvalue weighted by Gasteiger charge is 2.38. The van der Waals surface area contributed by atoms with Crippen LogP contribution in [0.3, 0.4) is 0 Å². The monoisotopic (exact) mass is 609 g/mol. The van der Waals surface area contributed by atoms with Gasteiger partial charge in [0.25, 0.3) is 0 Å². The van der Waals surface area contributed by atoms with Crippen molar-refractivity contribution in [2.45, 2.75) is 39.0 Å². The van der Waals surface area contributed by atoms with E-state index >= 15 is 0 Å². The minimum atomic E-state index is -0.000816. The summed E-state index contributed by atoms with van der Waals surface area (Å²) in [5, 5.41) is 2.80. The number of fused-ring (bicyclic) bond motifs is 11. The molecule has 0 atom stereocenters. The fourth-order valence-electron chi connectivity index (χ4n) is 8.21. The molecule has 2 aliphatic rings. The van der Waals surface area contributed by atoms with Crippen molar-refractivity contribution in [2.24, 2.45) is 0 Å². The van der Waals surface area contributed by atoms with Gasteiger partial charge in [-0.25, -0.2) is 0 Å². The molecule has 2 aliphatic carbocycles. The van der Waals surface area contributed by atoms with E-state index in [1.54, 1.807) is 0 Å². The first-order valence-corrected chi connectivity index (χ1v) is 17.1. The van der Waals surface area contributed by atoms with Gasteiger partial charge < -0.3 is 4.57 Å². The van der Waals surface area contributed by atoms with Crippen molar-refractivity contribution < 1.29 is 0 Å². The largest absolute Gasteiger partial charge is 0.312 e. The minimum Gasteiger partial charge on any atom is -0.312 e. The summed E-state index contributed by atoms with van der Waals surface area (Å²) >= 11 is 1.98. The maximum absolute atomic E-state index is 4.56. The lowest BCUT2D eigenvalue weighted by atomic mass is 9.82. The zero-order valence-electron chi connectivity index (χ0n) is 26.5. The lowest BCUT2D eigenvalue weighted by molar-refractivity contribution is 0.661. The molecule has 0 saturated carbocycles. The van der Waals surface area contributed by atoms with Gasteiger partial charge in [0.15, 0.2) is 0 Å². The van der Waals surface area contributed by atoms with Crippen LogP contribution in [0.2, 0.25) is 0 Å². The van der Waals surface area contributed by atoms with E-state index in [-0.39, 0.29) is 5.41 Å². The Labute approximate surface area is 274 Å². The number of thiophene rings is 1. The third-order valence-corrected chi connectivity index (χ3v) is 11.6. The number of hydrogen-bond acceptors (Lipinski definition) is 1. The van der Waals surface area contributed by atoms with E-state index < -0.39 is 0 Å². The van der Waals surface area contributed by atoms with Crippen LogP contribution < -0.4 is 0 Å². The standard InChI is InChI=1S/C44H35NS/c1-27-14-8-9-17-30(27)38(26-28(2)29-15-6-5-7-16-29)45-36-21-13-11-19-32(36)41-37(45)24-22-33-42-39(46-43(33)41)25-23-35-40(42)31-18-10-12-20-34(31)44(35,3)4/h5-21,23,25-26H,2,22,24H2,1,3-4H3/b38-26+. The Morgan fingerprint density at radius 3 is 2.35 bits per heavy atom. The number of nitrogens with zero attached hydrogens (tertiary/aromatic N) is 1. The number of rotatable bonds is 4. The summed E-state index contributed by atoms with van der Waals surface area (Å²) in [7, 11) is 0. The summed E-state index contributed by atoms with van der Waals surface area (Å²) < 4.78 is 3.95. The summed E-state index contributed by atoms with van der Waals surface area (Å²) in [5.41, 5.74) is 17.2. The van der Waals surface area contributed by atoms with Crippen LogP contribution in [0.5, 0.6) is 0 Å². The first kappa shape index (κ1) is 27.4. The number of aryl methyl sites for hydroxylation is 2. The zero-order chi connectivity index (χ0) is 31.2. The van der Waals surface area contributed by atoms with Gasteiger partial charge in [-0.1, -0.05) is 124 Å². The van der Waals surface area contributed by atoms with Crippen molar-refractivity contribution in [2.75, 3.05) is 0 Å². The number of hydrogen-bond donors (Lipinski definition) is 0. The van der Waals surface area contributed by atoms with E-state index in [4.69, 9.17) is 0 Å². The van der Waals surface area contributed by atoms with Crippen LogP contribution in [0, 0.1) is 6.92 Å². The zero-order valence-corrected chi connectivity index (χ0v) is 27.3. The number of para-hydroxylation sites is 1. The molecule has 46 heavy (non-hydrogen) atoms. The SMILES string of the molecule is C=C(/C=C(\c1ccccc1C)n1c2c(c3ccccc31)-c1sc3ccc4c(c3c1CC2)-c1ccccc1C4(C)C)c1ccccc1. The molecule has 0 amide bonds. The Morgan fingerprint density at radius 2 is 1.50 bits per heavy atom. The molecule has 1 nitrogen and oxygen atoms in total. The lowest BCUT2D eigenvalue weighted by Gasteiger charge is -2.22. The van der Waals surface area contributed by atoms with Gasteiger partial charge in [0.1, 0.15) is 0 Å². The van der Waals surface area contributed by atoms with Gasteiger partial charge in [-0.05, 0) is 82.5 Å². The highest BCUT2D eigenvalue weighted by atomic mass is 32.1. The van der Waals surface area contributed by atoms with Crippen molar-refractivity contribution in [3.05, 3.63) is 167 Å². The maximum atomic E-state index is 4.56. The quantitative estimate of drug-likeness (QED) is 0.175. The normalized spacial score (nSPS) is 14.6. The summed E-state index contributed by atoms with van der Waals surface area (Å²) in [5.74, 6) is 0. The fraction of sp³-hybridized carbons (Fsp3) is 0.136. The van der Waals surface area contributed by atoms with E-state index in [2.05, 4.69) is 153 Å². The second-order valence-corrected chi connectivity index (χ2v) is 14.4. The fourth-order valence-corrected chi connectivity index (χ4v) is 9.55. The molecule has 0 saturated heterocycles. The molecule has 0 N–H and O–H groups in total. The summed E-state index contributed by atoms with van der Waals surface area (Å²) in [6.45, 7) is 11.6. The molecule has 222 valence electrons. The molecule has 7 aromatic rings. The van der Waals surface area contributed by atoms with Gasteiger partial charge in [-0.3, -0.25) is 0 Å². The van der Waals surface area contributed by atoms with Gasteiger partial charge >= 0.3 is 0 Å². The Morgan fingerprint density at radius 1 is 0.761 bits per heavy atom. The average Bonchev–Trinajstić information content (AvgIpc) is 3.70. The second-order valence-electron chi connectivity index (χ2n) is 13.4. The molecule has 0 radical (unpaired) electrons. The minimum absolute atomic E-state index is 0.000816. The molecule has 2 heteroatoms.